The van der Waals surface area contributed by atoms with Gasteiger partial charge in [-0.1, -0.05) is 197 Å². The summed E-state index contributed by atoms with van der Waals surface area (Å²) in [5.74, 6) is 0. The number of nitrogens with zero attached hydrogens (tertiary/aromatic N) is 1. The Bertz CT molecular complexity index is 2910. The van der Waals surface area contributed by atoms with Gasteiger partial charge in [-0.15, -0.1) is 0 Å². The first kappa shape index (κ1) is 40.6. The Labute approximate surface area is 376 Å². The van der Waals surface area contributed by atoms with Gasteiger partial charge in [0.1, 0.15) is 0 Å². The maximum Gasteiger partial charge on any atom is 0.0474 e. The smallest absolute Gasteiger partial charge is 0.0474 e. The number of rotatable bonds is 6. The van der Waals surface area contributed by atoms with E-state index in [1.54, 1.807) is 0 Å². The summed E-state index contributed by atoms with van der Waals surface area (Å²) in [6, 6.07) is 66.5. The van der Waals surface area contributed by atoms with Crippen molar-refractivity contribution in [3.05, 3.63) is 209 Å². The van der Waals surface area contributed by atoms with Crippen LogP contribution in [-0.4, -0.2) is 0 Å². The van der Waals surface area contributed by atoms with Crippen LogP contribution in [0.15, 0.2) is 176 Å². The Hall–Kier alpha value is -6.44. The van der Waals surface area contributed by atoms with E-state index < -0.39 is 0 Å². The normalized spacial score (nSPS) is 14.4. The van der Waals surface area contributed by atoms with Crippen molar-refractivity contribution in [3.63, 3.8) is 0 Å². The summed E-state index contributed by atoms with van der Waals surface area (Å²) < 4.78 is 0. The molecule has 0 amide bonds. The van der Waals surface area contributed by atoms with E-state index in [0.717, 1.165) is 17.1 Å². The highest BCUT2D eigenvalue weighted by molar-refractivity contribution is 5.92. The molecule has 0 unspecified atom stereocenters. The van der Waals surface area contributed by atoms with Gasteiger partial charge in [-0.3, -0.25) is 0 Å². The predicted octanol–water partition coefficient (Wildman–Crippen LogP) is 17.4. The first-order valence-electron chi connectivity index (χ1n) is 22.8. The lowest BCUT2D eigenvalue weighted by Crippen LogP contribution is -2.18. The molecule has 8 aromatic carbocycles. The Balaban J connectivity index is 1.20. The van der Waals surface area contributed by atoms with E-state index in [1.807, 2.05) is 0 Å². The second kappa shape index (κ2) is 14.6. The molecule has 0 aromatic heterocycles. The van der Waals surface area contributed by atoms with Crippen LogP contribution in [0.25, 0.3) is 55.6 Å². The number of fused-ring (bicyclic) bond motifs is 6. The number of hydrogen-bond donors (Lipinski definition) is 0. The summed E-state index contributed by atoms with van der Waals surface area (Å²) in [7, 11) is 0. The minimum Gasteiger partial charge on any atom is -0.310 e. The van der Waals surface area contributed by atoms with E-state index >= 15 is 0 Å². The highest BCUT2D eigenvalue weighted by Crippen LogP contribution is 2.54. The Morgan fingerprint density at radius 3 is 1.17 bits per heavy atom. The van der Waals surface area contributed by atoms with Gasteiger partial charge in [0.05, 0.1) is 0 Å². The van der Waals surface area contributed by atoms with Crippen LogP contribution in [-0.2, 0) is 21.7 Å². The standard InChI is InChI=1S/C62H59N/c1-59(2,3)44-30-24-40(25-31-44)41-26-32-46(33-27-41)63(45-18-12-11-13-19-45)47-38-52(42-28-34-50-48-20-14-16-22-54(48)61(7,8)56(50)36-42)58(60(4,5)6)53(39-47)43-29-35-51-49-21-15-17-23-55(49)62(9,10)57(51)37-43/h11-39H,1-10H3. The topological polar surface area (TPSA) is 3.24 Å². The average Bonchev–Trinajstić information content (AvgIpc) is 3.65. The molecule has 312 valence electrons. The number of para-hydroxylation sites is 1. The summed E-state index contributed by atoms with van der Waals surface area (Å²) in [6.45, 7) is 23.5. The monoisotopic (exact) mass is 817 g/mol. The van der Waals surface area contributed by atoms with Crippen LogP contribution < -0.4 is 4.90 Å². The Kier molecular flexibility index (Phi) is 9.39. The van der Waals surface area contributed by atoms with Gasteiger partial charge in [0.2, 0.25) is 0 Å². The van der Waals surface area contributed by atoms with E-state index in [0.29, 0.717) is 0 Å². The van der Waals surface area contributed by atoms with Gasteiger partial charge < -0.3 is 4.90 Å². The molecule has 10 rings (SSSR count). The molecule has 0 spiro atoms. The van der Waals surface area contributed by atoms with E-state index in [9.17, 15) is 0 Å². The zero-order valence-electron chi connectivity index (χ0n) is 38.7. The third-order valence-electron chi connectivity index (χ3n) is 14.1. The molecule has 8 aromatic rings. The van der Waals surface area contributed by atoms with Crippen molar-refractivity contribution >= 4 is 17.1 Å². The van der Waals surface area contributed by atoms with Gasteiger partial charge in [-0.05, 0) is 148 Å². The zero-order valence-corrected chi connectivity index (χ0v) is 38.7. The van der Waals surface area contributed by atoms with Crippen molar-refractivity contribution in [3.8, 4) is 55.6 Å². The average molecular weight is 818 g/mol. The minimum atomic E-state index is -0.181. The Morgan fingerprint density at radius 2 is 0.714 bits per heavy atom. The fraction of sp³-hybridized carbons (Fsp3) is 0.226. The van der Waals surface area contributed by atoms with Gasteiger partial charge >= 0.3 is 0 Å². The molecule has 0 N–H and O–H groups in total. The van der Waals surface area contributed by atoms with Crippen LogP contribution in [0.1, 0.15) is 103 Å². The maximum absolute atomic E-state index is 2.50. The largest absolute Gasteiger partial charge is 0.310 e. The SMILES string of the molecule is CC(C)(C)c1ccc(-c2ccc(N(c3ccccc3)c3cc(-c4ccc5c(c4)C(C)(C)c4ccccc4-5)c(C(C)(C)C)c(-c4ccc5c(c4)C(C)(C)c4ccccc4-5)c3)cc2)cc1. The molecule has 0 radical (unpaired) electrons. The zero-order chi connectivity index (χ0) is 44.1. The van der Waals surface area contributed by atoms with Crippen molar-refractivity contribution in [1.29, 1.82) is 0 Å². The van der Waals surface area contributed by atoms with Crippen LogP contribution in [0.4, 0.5) is 17.1 Å². The molecule has 1 heteroatoms. The predicted molar refractivity (Wildman–Crippen MR) is 270 cm³/mol. The first-order valence-corrected chi connectivity index (χ1v) is 22.8. The molecule has 0 aliphatic heterocycles. The highest BCUT2D eigenvalue weighted by atomic mass is 15.1. The molecular formula is C62H59N. The second-order valence-corrected chi connectivity index (χ2v) is 21.1. The van der Waals surface area contributed by atoms with Crippen LogP contribution in [0.5, 0.6) is 0 Å². The highest BCUT2D eigenvalue weighted by Gasteiger charge is 2.38. The van der Waals surface area contributed by atoms with Gasteiger partial charge in [0, 0.05) is 27.9 Å². The van der Waals surface area contributed by atoms with Gasteiger partial charge in [0.15, 0.2) is 0 Å². The fourth-order valence-electron chi connectivity index (χ4n) is 10.8. The van der Waals surface area contributed by atoms with E-state index in [4.69, 9.17) is 0 Å². The van der Waals surface area contributed by atoms with Gasteiger partial charge in [-0.25, -0.2) is 0 Å². The summed E-state index contributed by atoms with van der Waals surface area (Å²) >= 11 is 0. The lowest BCUT2D eigenvalue weighted by Gasteiger charge is -2.32. The summed E-state index contributed by atoms with van der Waals surface area (Å²) in [4.78, 5) is 2.45. The lowest BCUT2D eigenvalue weighted by atomic mass is 9.75. The maximum atomic E-state index is 2.50. The van der Waals surface area contributed by atoms with Crippen LogP contribution >= 0.6 is 0 Å². The quantitative estimate of drug-likeness (QED) is 0.162. The lowest BCUT2D eigenvalue weighted by molar-refractivity contribution is 0.590. The summed E-state index contributed by atoms with van der Waals surface area (Å²) in [5, 5.41) is 0. The third-order valence-corrected chi connectivity index (χ3v) is 14.1. The summed E-state index contributed by atoms with van der Waals surface area (Å²) in [6.07, 6.45) is 0. The molecule has 1 nitrogen and oxygen atoms in total. The molecule has 0 heterocycles. The fourth-order valence-corrected chi connectivity index (χ4v) is 10.8. The first-order chi connectivity index (χ1) is 30.0. The number of anilines is 3. The van der Waals surface area contributed by atoms with E-state index in [1.165, 1.54) is 89.0 Å². The Morgan fingerprint density at radius 1 is 0.317 bits per heavy atom. The van der Waals surface area contributed by atoms with Crippen molar-refractivity contribution in [1.82, 2.24) is 0 Å². The van der Waals surface area contributed by atoms with Gasteiger partial charge in [0.25, 0.3) is 0 Å². The van der Waals surface area contributed by atoms with E-state index in [2.05, 4.69) is 250 Å². The third kappa shape index (κ3) is 6.76. The van der Waals surface area contributed by atoms with Crippen LogP contribution in [0.3, 0.4) is 0 Å². The molecular weight excluding hydrogens is 759 g/mol. The molecule has 2 aliphatic carbocycles. The van der Waals surface area contributed by atoms with Crippen LogP contribution in [0.2, 0.25) is 0 Å². The van der Waals surface area contributed by atoms with Crippen LogP contribution in [0, 0.1) is 0 Å². The second-order valence-electron chi connectivity index (χ2n) is 21.1. The van der Waals surface area contributed by atoms with Gasteiger partial charge in [-0.2, -0.15) is 0 Å². The van der Waals surface area contributed by atoms with Crippen molar-refractivity contribution in [2.45, 2.75) is 90.9 Å². The number of hydrogen-bond acceptors (Lipinski definition) is 1. The van der Waals surface area contributed by atoms with E-state index in [-0.39, 0.29) is 21.7 Å². The molecule has 0 atom stereocenters. The molecule has 63 heavy (non-hydrogen) atoms. The summed E-state index contributed by atoms with van der Waals surface area (Å²) in [5.41, 5.74) is 24.2. The molecule has 2 aliphatic rings. The molecule has 0 saturated heterocycles. The van der Waals surface area contributed by atoms with Crippen molar-refractivity contribution < 1.29 is 0 Å². The molecule has 0 fully saturated rings. The number of benzene rings is 8. The van der Waals surface area contributed by atoms with Crippen molar-refractivity contribution in [2.24, 2.45) is 0 Å². The molecule has 0 bridgehead atoms. The minimum absolute atomic E-state index is 0.112. The molecule has 0 saturated carbocycles. The van der Waals surface area contributed by atoms with Crippen molar-refractivity contribution in [2.75, 3.05) is 4.90 Å².